The highest BCUT2D eigenvalue weighted by Crippen LogP contribution is 2.27. The lowest BCUT2D eigenvalue weighted by Crippen LogP contribution is -2.25. The molecule has 0 spiro atoms. The predicted molar refractivity (Wildman–Crippen MR) is 72.1 cm³/mol. The van der Waals surface area contributed by atoms with Crippen molar-refractivity contribution in [3.05, 3.63) is 35.0 Å². The number of hydrogen-bond donors (Lipinski definition) is 2. The van der Waals surface area contributed by atoms with Gasteiger partial charge in [-0.3, -0.25) is 5.10 Å². The minimum Gasteiger partial charge on any atom is -0.465 e. The number of ether oxygens (including phenoxy) is 1. The number of H-pyrrole nitrogens is 1. The van der Waals surface area contributed by atoms with Crippen LogP contribution in [0, 0.1) is 13.8 Å². The van der Waals surface area contributed by atoms with Gasteiger partial charge in [0.15, 0.2) is 0 Å². The van der Waals surface area contributed by atoms with E-state index in [1.54, 1.807) is 6.07 Å². The van der Waals surface area contributed by atoms with Gasteiger partial charge in [0, 0.05) is 6.20 Å². The molecule has 8 nitrogen and oxygen atoms in total. The number of methoxy groups -OCH3 is 1. The molecule has 0 fully saturated rings. The van der Waals surface area contributed by atoms with Gasteiger partial charge in [-0.05, 0) is 19.9 Å². The number of aromatic nitrogens is 2. The number of nitrogens with one attached hydrogen (secondary N) is 2. The van der Waals surface area contributed by atoms with E-state index >= 15 is 0 Å². The molecular formula is C12H15N3O5S. The molecule has 0 unspecified atom stereocenters. The average Bonchev–Trinajstić information content (AvgIpc) is 3.03. The number of nitrogens with zero attached hydrogens (tertiary/aromatic N) is 1. The summed E-state index contributed by atoms with van der Waals surface area (Å²) in [6.45, 7) is 3.00. The third kappa shape index (κ3) is 2.98. The van der Waals surface area contributed by atoms with Crippen molar-refractivity contribution in [2.45, 2.75) is 25.3 Å². The lowest BCUT2D eigenvalue weighted by atomic mass is 10.2. The van der Waals surface area contributed by atoms with Crippen molar-refractivity contribution in [1.82, 2.24) is 14.9 Å². The van der Waals surface area contributed by atoms with Crippen molar-refractivity contribution in [1.29, 1.82) is 0 Å². The number of esters is 1. The molecule has 0 aliphatic rings. The van der Waals surface area contributed by atoms with Crippen molar-refractivity contribution >= 4 is 16.0 Å². The van der Waals surface area contributed by atoms with Gasteiger partial charge >= 0.3 is 5.97 Å². The van der Waals surface area contributed by atoms with Gasteiger partial charge in [-0.15, -0.1) is 0 Å². The molecule has 0 saturated heterocycles. The van der Waals surface area contributed by atoms with E-state index in [2.05, 4.69) is 19.7 Å². The van der Waals surface area contributed by atoms with Gasteiger partial charge in [-0.1, -0.05) is 0 Å². The van der Waals surface area contributed by atoms with Crippen LogP contribution in [0.25, 0.3) is 0 Å². The molecule has 0 bridgehead atoms. The quantitative estimate of drug-likeness (QED) is 0.792. The number of carbonyl (C=O) groups excluding carboxylic acids is 1. The van der Waals surface area contributed by atoms with E-state index in [0.29, 0.717) is 5.69 Å². The minimum atomic E-state index is -3.92. The highest BCUT2D eigenvalue weighted by atomic mass is 32.2. The van der Waals surface area contributed by atoms with Gasteiger partial charge in [0.2, 0.25) is 10.0 Å². The normalized spacial score (nSPS) is 11.6. The van der Waals surface area contributed by atoms with Crippen LogP contribution in [0.2, 0.25) is 0 Å². The molecule has 0 radical (unpaired) electrons. The Morgan fingerprint density at radius 3 is 2.71 bits per heavy atom. The number of aromatic amines is 1. The first-order valence-corrected chi connectivity index (χ1v) is 7.51. The fourth-order valence-corrected chi connectivity index (χ4v) is 3.36. The summed E-state index contributed by atoms with van der Waals surface area (Å²) in [6, 6.07) is 1.64. The molecule has 2 aromatic rings. The van der Waals surface area contributed by atoms with Gasteiger partial charge in [0.1, 0.15) is 22.0 Å². The zero-order valence-corrected chi connectivity index (χ0v) is 12.6. The van der Waals surface area contributed by atoms with E-state index in [4.69, 9.17) is 4.42 Å². The number of rotatable bonds is 5. The Bertz CT molecular complexity index is 746. The highest BCUT2D eigenvalue weighted by Gasteiger charge is 2.31. The van der Waals surface area contributed by atoms with Crippen LogP contribution in [0.4, 0.5) is 0 Å². The average molecular weight is 313 g/mol. The summed E-state index contributed by atoms with van der Waals surface area (Å²) < 4.78 is 37.0. The second kappa shape index (κ2) is 5.70. The highest BCUT2D eigenvalue weighted by molar-refractivity contribution is 7.89. The van der Waals surface area contributed by atoms with Crippen LogP contribution in [0.15, 0.2) is 21.6 Å². The van der Waals surface area contributed by atoms with Crippen molar-refractivity contribution < 1.29 is 22.4 Å². The monoisotopic (exact) mass is 313 g/mol. The maximum absolute atomic E-state index is 12.4. The van der Waals surface area contributed by atoms with Crippen LogP contribution >= 0.6 is 0 Å². The van der Waals surface area contributed by atoms with E-state index < -0.39 is 16.0 Å². The summed E-state index contributed by atoms with van der Waals surface area (Å²) in [5.74, 6) is -0.433. The second-order valence-electron chi connectivity index (χ2n) is 4.32. The molecule has 0 amide bonds. The van der Waals surface area contributed by atoms with Crippen molar-refractivity contribution in [2.75, 3.05) is 7.11 Å². The van der Waals surface area contributed by atoms with Crippen LogP contribution < -0.4 is 4.72 Å². The van der Waals surface area contributed by atoms with Gasteiger partial charge in [-0.2, -0.15) is 5.10 Å². The number of carbonyl (C=O) groups is 1. The van der Waals surface area contributed by atoms with E-state index in [9.17, 15) is 13.2 Å². The molecule has 2 heterocycles. The summed E-state index contributed by atoms with van der Waals surface area (Å²) in [4.78, 5) is 11.6. The number of furan rings is 1. The topological polar surface area (TPSA) is 114 Å². The van der Waals surface area contributed by atoms with E-state index in [0.717, 1.165) is 0 Å². The lowest BCUT2D eigenvalue weighted by molar-refractivity contribution is 0.0595. The smallest absolute Gasteiger partial charge is 0.342 e. The zero-order valence-electron chi connectivity index (χ0n) is 11.8. The molecule has 2 N–H and O–H groups in total. The Labute approximate surface area is 121 Å². The summed E-state index contributed by atoms with van der Waals surface area (Å²) in [5.41, 5.74) is 0.503. The van der Waals surface area contributed by atoms with E-state index in [1.807, 2.05) is 0 Å². The second-order valence-corrected chi connectivity index (χ2v) is 6.02. The molecule has 21 heavy (non-hydrogen) atoms. The number of sulfonamides is 1. The third-order valence-corrected chi connectivity index (χ3v) is 4.43. The standard InChI is InChI=1S/C12H15N3O5S/c1-7-10(12(16)19-3)11(8(2)20-7)21(17,18)14-6-9-4-5-13-15-9/h4-5,14H,6H2,1-3H3,(H,13,15). The first kappa shape index (κ1) is 15.3. The third-order valence-electron chi connectivity index (χ3n) is 2.87. The summed E-state index contributed by atoms with van der Waals surface area (Å²) in [7, 11) is -2.75. The fourth-order valence-electron chi connectivity index (χ4n) is 1.95. The maximum atomic E-state index is 12.4. The number of aryl methyl sites for hydroxylation is 2. The molecular weight excluding hydrogens is 298 g/mol. The van der Waals surface area contributed by atoms with Crippen LogP contribution in [0.1, 0.15) is 27.6 Å². The lowest BCUT2D eigenvalue weighted by Gasteiger charge is -2.06. The Hall–Kier alpha value is -2.13. The van der Waals surface area contributed by atoms with Gasteiger partial charge in [0.25, 0.3) is 0 Å². The molecule has 2 aromatic heterocycles. The summed E-state index contributed by atoms with van der Waals surface area (Å²) >= 11 is 0. The van der Waals surface area contributed by atoms with Crippen molar-refractivity contribution in [2.24, 2.45) is 0 Å². The first-order chi connectivity index (χ1) is 9.86. The Morgan fingerprint density at radius 1 is 1.43 bits per heavy atom. The van der Waals surface area contributed by atoms with Crippen molar-refractivity contribution in [3.63, 3.8) is 0 Å². The molecule has 0 atom stereocenters. The fraction of sp³-hybridized carbons (Fsp3) is 0.333. The largest absolute Gasteiger partial charge is 0.465 e. The SMILES string of the molecule is COC(=O)c1c(C)oc(C)c1S(=O)(=O)NCc1ccn[nH]1. The van der Waals surface area contributed by atoms with Crippen LogP contribution in [0.3, 0.4) is 0 Å². The van der Waals surface area contributed by atoms with Gasteiger partial charge < -0.3 is 9.15 Å². The maximum Gasteiger partial charge on any atom is 0.342 e. The van der Waals surface area contributed by atoms with Crippen LogP contribution in [-0.4, -0.2) is 31.7 Å². The Morgan fingerprint density at radius 2 is 2.14 bits per heavy atom. The van der Waals surface area contributed by atoms with Gasteiger partial charge in [-0.25, -0.2) is 17.9 Å². The first-order valence-electron chi connectivity index (χ1n) is 6.03. The zero-order chi connectivity index (χ0) is 15.6. The van der Waals surface area contributed by atoms with Crippen molar-refractivity contribution in [3.8, 4) is 0 Å². The molecule has 0 aromatic carbocycles. The molecule has 0 aliphatic heterocycles. The molecule has 2 rings (SSSR count). The van der Waals surface area contributed by atoms with Gasteiger partial charge in [0.05, 0.1) is 19.3 Å². The Kier molecular flexibility index (Phi) is 4.14. The van der Waals surface area contributed by atoms with E-state index in [1.165, 1.54) is 27.2 Å². The number of hydrogen-bond acceptors (Lipinski definition) is 6. The summed E-state index contributed by atoms with van der Waals surface area (Å²) in [5, 5.41) is 6.36. The van der Waals surface area contributed by atoms with Crippen LogP contribution in [-0.2, 0) is 21.3 Å². The summed E-state index contributed by atoms with van der Waals surface area (Å²) in [6.07, 6.45) is 1.51. The minimum absolute atomic E-state index is 0.0204. The van der Waals surface area contributed by atoms with E-state index in [-0.39, 0.29) is 28.5 Å². The predicted octanol–water partition coefficient (Wildman–Crippen LogP) is 0.885. The van der Waals surface area contributed by atoms with Crippen LogP contribution in [0.5, 0.6) is 0 Å². The Balaban J connectivity index is 2.37. The molecule has 114 valence electrons. The molecule has 0 aliphatic carbocycles. The molecule has 9 heteroatoms. The molecule has 0 saturated carbocycles.